The van der Waals surface area contributed by atoms with Gasteiger partial charge in [0, 0.05) is 5.69 Å². The van der Waals surface area contributed by atoms with Crippen LogP contribution in [0.15, 0.2) is 66.2 Å². The number of carbonyl (C=O) groups is 4. The minimum Gasteiger partial charge on any atom is -0.497 e. The fraction of sp³-hybridized carbons (Fsp3) is 0.143. The number of barbiturate groups is 1. The molecule has 1 aliphatic heterocycles. The number of anilines is 2. The maximum atomic E-state index is 13.1. The Kier molecular flexibility index (Phi) is 7.78. The smallest absolute Gasteiger partial charge is 0.335 e. The molecule has 0 saturated carbocycles. The van der Waals surface area contributed by atoms with Crippen molar-refractivity contribution < 1.29 is 28.7 Å². The zero-order valence-electron chi connectivity index (χ0n) is 20.8. The van der Waals surface area contributed by atoms with Crippen molar-refractivity contribution in [3.8, 4) is 11.5 Å². The van der Waals surface area contributed by atoms with Crippen molar-refractivity contribution in [1.82, 2.24) is 5.32 Å². The summed E-state index contributed by atoms with van der Waals surface area (Å²) in [6.45, 7) is 3.67. The van der Waals surface area contributed by atoms with E-state index in [1.165, 1.54) is 37.5 Å². The van der Waals surface area contributed by atoms with E-state index in [4.69, 9.17) is 21.1 Å². The lowest BCUT2D eigenvalue weighted by atomic mass is 10.1. The van der Waals surface area contributed by atoms with Gasteiger partial charge in [0.25, 0.3) is 17.7 Å². The Morgan fingerprint density at radius 3 is 2.39 bits per heavy atom. The second kappa shape index (κ2) is 11.2. The summed E-state index contributed by atoms with van der Waals surface area (Å²) in [6.07, 6.45) is 1.32. The zero-order valence-corrected chi connectivity index (χ0v) is 21.6. The molecule has 0 atom stereocenters. The van der Waals surface area contributed by atoms with Gasteiger partial charge in [0.15, 0.2) is 6.61 Å². The van der Waals surface area contributed by atoms with E-state index in [9.17, 15) is 19.2 Å². The van der Waals surface area contributed by atoms with Crippen LogP contribution in [-0.4, -0.2) is 37.5 Å². The first-order valence-electron chi connectivity index (χ1n) is 11.5. The molecule has 9 nitrogen and oxygen atoms in total. The maximum absolute atomic E-state index is 13.1. The molecule has 0 unspecified atom stereocenters. The molecule has 1 fully saturated rings. The first-order valence-corrected chi connectivity index (χ1v) is 11.9. The number of halogens is 1. The number of urea groups is 1. The van der Waals surface area contributed by atoms with E-state index in [0.29, 0.717) is 17.0 Å². The van der Waals surface area contributed by atoms with Crippen molar-refractivity contribution >= 4 is 52.8 Å². The molecular weight excluding hydrogens is 510 g/mol. The molecular formula is C28H24ClN3O6. The van der Waals surface area contributed by atoms with Crippen LogP contribution >= 0.6 is 11.6 Å². The van der Waals surface area contributed by atoms with Gasteiger partial charge in [-0.3, -0.25) is 19.7 Å². The summed E-state index contributed by atoms with van der Waals surface area (Å²) in [7, 11) is 1.50. The number of rotatable bonds is 7. The van der Waals surface area contributed by atoms with E-state index in [0.717, 1.165) is 16.0 Å². The Balaban J connectivity index is 1.46. The average molecular weight is 534 g/mol. The first-order chi connectivity index (χ1) is 18.2. The van der Waals surface area contributed by atoms with E-state index < -0.39 is 17.8 Å². The van der Waals surface area contributed by atoms with Gasteiger partial charge in [0.2, 0.25) is 0 Å². The normalized spacial score (nSPS) is 14.4. The fourth-order valence-electron chi connectivity index (χ4n) is 3.67. The van der Waals surface area contributed by atoms with Crippen LogP contribution in [0.5, 0.6) is 11.5 Å². The van der Waals surface area contributed by atoms with Crippen LogP contribution in [0.25, 0.3) is 6.08 Å². The van der Waals surface area contributed by atoms with Crippen LogP contribution in [0.1, 0.15) is 16.7 Å². The van der Waals surface area contributed by atoms with Crippen LogP contribution in [-0.2, 0) is 14.4 Å². The zero-order chi connectivity index (χ0) is 27.4. The molecule has 38 heavy (non-hydrogen) atoms. The molecule has 1 heterocycles. The second-order valence-electron chi connectivity index (χ2n) is 8.48. The van der Waals surface area contributed by atoms with Gasteiger partial charge >= 0.3 is 6.03 Å². The van der Waals surface area contributed by atoms with Crippen molar-refractivity contribution in [2.24, 2.45) is 0 Å². The van der Waals surface area contributed by atoms with E-state index in [2.05, 4.69) is 10.6 Å². The van der Waals surface area contributed by atoms with Gasteiger partial charge in [0.05, 0.1) is 17.8 Å². The highest BCUT2D eigenvalue weighted by Gasteiger charge is 2.36. The summed E-state index contributed by atoms with van der Waals surface area (Å²) in [5.74, 6) is -1.18. The van der Waals surface area contributed by atoms with E-state index in [1.54, 1.807) is 18.2 Å². The van der Waals surface area contributed by atoms with Crippen LogP contribution in [0.4, 0.5) is 16.2 Å². The highest BCUT2D eigenvalue weighted by Crippen LogP contribution is 2.28. The van der Waals surface area contributed by atoms with Gasteiger partial charge in [-0.05, 0) is 85.1 Å². The molecule has 5 amide bonds. The van der Waals surface area contributed by atoms with Crippen molar-refractivity contribution in [1.29, 1.82) is 0 Å². The van der Waals surface area contributed by atoms with Gasteiger partial charge in [-0.1, -0.05) is 23.7 Å². The number of hydrogen-bond acceptors (Lipinski definition) is 6. The number of benzene rings is 3. The molecule has 4 rings (SSSR count). The Hall–Kier alpha value is -4.63. The molecule has 194 valence electrons. The molecule has 3 aromatic rings. The summed E-state index contributed by atoms with van der Waals surface area (Å²) in [6, 6.07) is 15.6. The highest BCUT2D eigenvalue weighted by molar-refractivity contribution is 6.39. The lowest BCUT2D eigenvalue weighted by molar-refractivity contribution is -0.122. The number of nitrogens with one attached hydrogen (secondary N) is 2. The summed E-state index contributed by atoms with van der Waals surface area (Å²) in [5, 5.41) is 5.10. The van der Waals surface area contributed by atoms with E-state index >= 15 is 0 Å². The van der Waals surface area contributed by atoms with Gasteiger partial charge < -0.3 is 14.8 Å². The minimum absolute atomic E-state index is 0.171. The van der Waals surface area contributed by atoms with Crippen molar-refractivity contribution in [2.75, 3.05) is 23.9 Å². The predicted molar refractivity (Wildman–Crippen MR) is 143 cm³/mol. The lowest BCUT2D eigenvalue weighted by Crippen LogP contribution is -2.54. The Labute approximate surface area is 224 Å². The Morgan fingerprint density at radius 1 is 1.00 bits per heavy atom. The summed E-state index contributed by atoms with van der Waals surface area (Å²) in [5.41, 5.74) is 3.27. The maximum Gasteiger partial charge on any atom is 0.335 e. The largest absolute Gasteiger partial charge is 0.497 e. The molecule has 0 aliphatic carbocycles. The van der Waals surface area contributed by atoms with Gasteiger partial charge in [-0.15, -0.1) is 0 Å². The summed E-state index contributed by atoms with van der Waals surface area (Å²) < 4.78 is 10.6. The number of nitrogens with zero attached hydrogens (tertiary/aromatic N) is 1. The van der Waals surface area contributed by atoms with Crippen molar-refractivity contribution in [2.45, 2.75) is 13.8 Å². The van der Waals surface area contributed by atoms with E-state index in [-0.39, 0.29) is 34.5 Å². The topological polar surface area (TPSA) is 114 Å². The lowest BCUT2D eigenvalue weighted by Gasteiger charge is -2.26. The summed E-state index contributed by atoms with van der Waals surface area (Å²) in [4.78, 5) is 51.1. The second-order valence-corrected chi connectivity index (χ2v) is 8.89. The van der Waals surface area contributed by atoms with Crippen LogP contribution in [0, 0.1) is 13.8 Å². The Morgan fingerprint density at radius 2 is 1.74 bits per heavy atom. The van der Waals surface area contributed by atoms with Crippen molar-refractivity contribution in [3.63, 3.8) is 0 Å². The van der Waals surface area contributed by atoms with Crippen LogP contribution in [0.3, 0.4) is 0 Å². The number of aryl methyl sites for hydroxylation is 2. The molecule has 0 spiro atoms. The molecule has 0 radical (unpaired) electrons. The number of carbonyl (C=O) groups excluding carboxylic acids is 4. The highest BCUT2D eigenvalue weighted by atomic mass is 35.5. The minimum atomic E-state index is -0.858. The average Bonchev–Trinajstić information content (AvgIpc) is 2.88. The monoisotopic (exact) mass is 533 g/mol. The third-order valence-electron chi connectivity index (χ3n) is 5.85. The fourth-order valence-corrected chi connectivity index (χ4v) is 3.92. The number of hydrogen-bond donors (Lipinski definition) is 2. The number of imide groups is 2. The van der Waals surface area contributed by atoms with Crippen LogP contribution < -0.4 is 25.0 Å². The number of ether oxygens (including phenoxy) is 2. The Bertz CT molecular complexity index is 1470. The number of methoxy groups -OCH3 is 1. The van der Waals surface area contributed by atoms with Crippen molar-refractivity contribution in [3.05, 3.63) is 87.9 Å². The molecule has 10 heteroatoms. The molecule has 2 N–H and O–H groups in total. The summed E-state index contributed by atoms with van der Waals surface area (Å²) >= 11 is 6.33. The molecule has 1 saturated heterocycles. The third kappa shape index (κ3) is 5.84. The quantitative estimate of drug-likeness (QED) is 0.337. The SMILES string of the molecule is COc1ccc(N2C(=O)NC(=O)/C(=C\c3ccc(OCC(=O)Nc4ccc(C)c(C)c4)c(Cl)c3)C2=O)cc1. The molecule has 3 aromatic carbocycles. The number of amides is 5. The molecule has 0 bridgehead atoms. The standard InChI is InChI=1S/C28H24ClN3O6/c1-16-4-6-19(12-17(16)2)30-25(33)15-38-24-11-5-18(14-23(24)29)13-22-26(34)31-28(36)32(27(22)35)20-7-9-21(37-3)10-8-20/h4-14H,15H2,1-3H3,(H,30,33)(H,31,34,36)/b22-13+. The molecule has 0 aromatic heterocycles. The van der Waals surface area contributed by atoms with Gasteiger partial charge in [-0.2, -0.15) is 0 Å². The predicted octanol–water partition coefficient (Wildman–Crippen LogP) is 4.65. The van der Waals surface area contributed by atoms with Gasteiger partial charge in [-0.25, -0.2) is 9.69 Å². The molecule has 1 aliphatic rings. The first kappa shape index (κ1) is 26.4. The van der Waals surface area contributed by atoms with Crippen LogP contribution in [0.2, 0.25) is 5.02 Å². The van der Waals surface area contributed by atoms with Gasteiger partial charge in [0.1, 0.15) is 17.1 Å². The third-order valence-corrected chi connectivity index (χ3v) is 6.14. The van der Waals surface area contributed by atoms with E-state index in [1.807, 2.05) is 32.0 Å².